The fourth-order valence-corrected chi connectivity index (χ4v) is 14.5. The van der Waals surface area contributed by atoms with E-state index in [0.29, 0.717) is 39.6 Å². The first-order valence-corrected chi connectivity index (χ1v) is 17.4. The van der Waals surface area contributed by atoms with Crippen molar-refractivity contribution in [1.29, 1.82) is 0 Å². The molecule has 0 bridgehead atoms. The predicted molar refractivity (Wildman–Crippen MR) is 141 cm³/mol. The van der Waals surface area contributed by atoms with E-state index in [9.17, 15) is 0 Å². The van der Waals surface area contributed by atoms with Gasteiger partial charge in [-0.25, -0.2) is 0 Å². The topological polar surface area (TPSA) is 73.8 Å². The summed E-state index contributed by atoms with van der Waals surface area (Å²) in [5, 5.41) is 1.66. The fourth-order valence-electron chi connectivity index (χ4n) is 3.58. The van der Waals surface area contributed by atoms with E-state index in [1.165, 1.54) is 0 Å². The maximum absolute atomic E-state index is 7.00. The Labute approximate surface area is 213 Å². The van der Waals surface area contributed by atoms with E-state index >= 15 is 0 Å². The Morgan fingerprint density at radius 2 is 0.686 bits per heavy atom. The van der Waals surface area contributed by atoms with Crippen molar-refractivity contribution < 1.29 is 34.8 Å². The van der Waals surface area contributed by atoms with Crippen LogP contribution in [0.3, 0.4) is 0 Å². The molecule has 8 nitrogen and oxygen atoms in total. The summed E-state index contributed by atoms with van der Waals surface area (Å²) in [6.45, 7) is 13.4. The van der Waals surface area contributed by atoms with E-state index in [4.69, 9.17) is 34.8 Å². The lowest BCUT2D eigenvalue weighted by Crippen LogP contribution is -2.74. The van der Waals surface area contributed by atoms with E-state index in [2.05, 4.69) is 0 Å². The first-order chi connectivity index (χ1) is 17.0. The fraction of sp³-hybridized carbons (Fsp3) is 0.500. The molecular weight excluding hydrogens is 501 g/mol. The maximum Gasteiger partial charge on any atom is 0.671 e. The number of rotatable bonds is 18. The molecule has 2 rings (SSSR count). The van der Waals surface area contributed by atoms with Crippen LogP contribution in [0.5, 0.6) is 0 Å². The monoisotopic (exact) mass is 540 g/mol. The second kappa shape index (κ2) is 15.1. The highest BCUT2D eigenvalue weighted by Gasteiger charge is 2.62. The Hall–Kier alpha value is -1.23. The van der Waals surface area contributed by atoms with Gasteiger partial charge in [0.25, 0.3) is 0 Å². The van der Waals surface area contributed by atoms with Crippen LogP contribution in [0.15, 0.2) is 60.7 Å². The smallest absolute Gasteiger partial charge is 0.363 e. The van der Waals surface area contributed by atoms with Crippen molar-refractivity contribution in [2.75, 3.05) is 39.6 Å². The molecule has 2 aromatic carbocycles. The van der Waals surface area contributed by atoms with Crippen LogP contribution in [0.4, 0.5) is 0 Å². The van der Waals surface area contributed by atoms with Crippen LogP contribution in [0.2, 0.25) is 0 Å². The molecule has 0 unspecified atom stereocenters. The SMILES string of the molecule is CCO[Si](OCC)(OCC)O[Si](O[Si](OCC)(OCC)OCC)(c1ccccc1)c1ccccc1. The zero-order valence-electron chi connectivity index (χ0n) is 21.8. The Bertz CT molecular complexity index is 724. The third-order valence-corrected chi connectivity index (χ3v) is 15.1. The predicted octanol–water partition coefficient (Wildman–Crippen LogP) is 3.37. The molecule has 0 radical (unpaired) electrons. The van der Waals surface area contributed by atoms with Crippen molar-refractivity contribution in [1.82, 2.24) is 0 Å². The van der Waals surface area contributed by atoms with E-state index in [1.54, 1.807) is 0 Å². The van der Waals surface area contributed by atoms with Gasteiger partial charge in [-0.3, -0.25) is 0 Å². The van der Waals surface area contributed by atoms with Crippen LogP contribution >= 0.6 is 0 Å². The van der Waals surface area contributed by atoms with Gasteiger partial charge in [0.15, 0.2) is 0 Å². The van der Waals surface area contributed by atoms with E-state index in [-0.39, 0.29) is 0 Å². The highest BCUT2D eigenvalue weighted by molar-refractivity contribution is 6.99. The molecule has 0 saturated heterocycles. The molecular formula is C24H40O8Si3. The van der Waals surface area contributed by atoms with Gasteiger partial charge in [-0.2, -0.15) is 0 Å². The summed E-state index contributed by atoms with van der Waals surface area (Å²) in [5.41, 5.74) is 0. The maximum atomic E-state index is 7.00. The minimum Gasteiger partial charge on any atom is -0.363 e. The largest absolute Gasteiger partial charge is 0.671 e. The number of hydrogen-bond donors (Lipinski definition) is 0. The van der Waals surface area contributed by atoms with Gasteiger partial charge in [0.1, 0.15) is 0 Å². The van der Waals surface area contributed by atoms with Gasteiger partial charge in [0, 0.05) is 39.6 Å². The molecule has 0 aliphatic rings. The van der Waals surface area contributed by atoms with Crippen LogP contribution in [0.25, 0.3) is 0 Å². The van der Waals surface area contributed by atoms with Gasteiger partial charge in [-0.15, -0.1) is 0 Å². The molecule has 0 spiro atoms. The molecule has 196 valence electrons. The van der Waals surface area contributed by atoms with E-state index < -0.39 is 26.7 Å². The van der Waals surface area contributed by atoms with Crippen LogP contribution in [-0.2, 0) is 34.8 Å². The molecule has 0 N–H and O–H groups in total. The standard InChI is InChI=1S/C24H40O8Si3/c1-7-25-34(26-8-2,27-9-3)31-33(23-19-15-13-16-20-23,24-21-17-14-18-22-24)32-35(28-10-4,29-11-5)30-12-6/h13-22H,7-12H2,1-6H3. The summed E-state index contributed by atoms with van der Waals surface area (Å²) in [6.07, 6.45) is 0. The molecule has 0 fully saturated rings. The molecule has 0 aliphatic carbocycles. The zero-order chi connectivity index (χ0) is 25.6. The van der Waals surface area contributed by atoms with Crippen LogP contribution in [0, 0.1) is 0 Å². The van der Waals surface area contributed by atoms with Crippen LogP contribution < -0.4 is 10.4 Å². The van der Waals surface area contributed by atoms with Crippen LogP contribution in [-0.4, -0.2) is 66.3 Å². The molecule has 0 heterocycles. The average molecular weight is 541 g/mol. The molecule has 0 atom stereocenters. The van der Waals surface area contributed by atoms with Crippen molar-refractivity contribution in [3.05, 3.63) is 60.7 Å². The van der Waals surface area contributed by atoms with Gasteiger partial charge in [-0.05, 0) is 51.9 Å². The second-order valence-electron chi connectivity index (χ2n) is 7.15. The first kappa shape index (κ1) is 30.0. The summed E-state index contributed by atoms with van der Waals surface area (Å²) in [5.74, 6) is 0. The Balaban J connectivity index is 2.84. The highest BCUT2D eigenvalue weighted by Crippen LogP contribution is 2.26. The zero-order valence-corrected chi connectivity index (χ0v) is 24.8. The van der Waals surface area contributed by atoms with Crippen LogP contribution in [0.1, 0.15) is 41.5 Å². The second-order valence-corrected chi connectivity index (χ2v) is 14.9. The van der Waals surface area contributed by atoms with Gasteiger partial charge in [0.2, 0.25) is 0 Å². The summed E-state index contributed by atoms with van der Waals surface area (Å²) in [6, 6.07) is 19.6. The van der Waals surface area contributed by atoms with Crippen molar-refractivity contribution in [2.45, 2.75) is 41.5 Å². The van der Waals surface area contributed by atoms with Crippen molar-refractivity contribution >= 4 is 37.0 Å². The summed E-state index contributed by atoms with van der Waals surface area (Å²) in [7, 11) is -11.0. The Kier molecular flexibility index (Phi) is 13.0. The van der Waals surface area contributed by atoms with E-state index in [0.717, 1.165) is 10.4 Å². The van der Waals surface area contributed by atoms with E-state index in [1.807, 2.05) is 102 Å². The van der Waals surface area contributed by atoms with Crippen molar-refractivity contribution in [2.24, 2.45) is 0 Å². The minimum atomic E-state index is -3.67. The van der Waals surface area contributed by atoms with Gasteiger partial charge in [-0.1, -0.05) is 60.7 Å². The molecule has 0 saturated carbocycles. The molecule has 35 heavy (non-hydrogen) atoms. The molecule has 0 amide bonds. The van der Waals surface area contributed by atoms with Gasteiger partial charge in [0.05, 0.1) is 0 Å². The lowest BCUT2D eigenvalue weighted by Gasteiger charge is -2.41. The average Bonchev–Trinajstić information content (AvgIpc) is 2.86. The minimum absolute atomic E-state index is 0.352. The summed E-state index contributed by atoms with van der Waals surface area (Å²) in [4.78, 5) is 0. The molecule has 2 aromatic rings. The normalized spacial score (nSPS) is 12.7. The highest BCUT2D eigenvalue weighted by atomic mass is 28.5. The van der Waals surface area contributed by atoms with Gasteiger partial charge < -0.3 is 34.8 Å². The summed E-state index contributed by atoms with van der Waals surface area (Å²) >= 11 is 0. The third kappa shape index (κ3) is 7.87. The molecule has 0 aromatic heterocycles. The first-order valence-electron chi connectivity index (χ1n) is 12.3. The summed E-state index contributed by atoms with van der Waals surface area (Å²) < 4.78 is 50.7. The molecule has 11 heteroatoms. The quantitative estimate of drug-likeness (QED) is 0.267. The Morgan fingerprint density at radius 3 is 0.914 bits per heavy atom. The molecule has 0 aliphatic heterocycles. The van der Waals surface area contributed by atoms with Crippen molar-refractivity contribution in [3.8, 4) is 0 Å². The Morgan fingerprint density at radius 1 is 0.429 bits per heavy atom. The van der Waals surface area contributed by atoms with Crippen molar-refractivity contribution in [3.63, 3.8) is 0 Å². The lowest BCUT2D eigenvalue weighted by atomic mass is 10.4. The number of hydrogen-bond acceptors (Lipinski definition) is 8. The third-order valence-electron chi connectivity index (χ3n) is 4.77. The number of benzene rings is 2. The van der Waals surface area contributed by atoms with Gasteiger partial charge >= 0.3 is 26.7 Å². The lowest BCUT2D eigenvalue weighted by molar-refractivity contribution is -0.0165.